The number of amides is 1. The van der Waals surface area contributed by atoms with E-state index in [9.17, 15) is 14.7 Å². The van der Waals surface area contributed by atoms with Crippen LogP contribution < -0.4 is 4.74 Å². The summed E-state index contributed by atoms with van der Waals surface area (Å²) >= 11 is 6.36. The molecule has 2 aromatic rings. The average molecular weight is 428 g/mol. The van der Waals surface area contributed by atoms with Gasteiger partial charge >= 0.3 is 5.97 Å². The molecule has 1 aliphatic rings. The minimum Gasteiger partial charge on any atom is -0.489 e. The van der Waals surface area contributed by atoms with Crippen molar-refractivity contribution in [1.29, 1.82) is 0 Å². The Morgan fingerprint density at radius 1 is 1.28 bits per heavy atom. The maximum atomic E-state index is 12.7. The highest BCUT2D eigenvalue weighted by atomic mass is 32.2. The summed E-state index contributed by atoms with van der Waals surface area (Å²) in [6.07, 6.45) is 2.00. The van der Waals surface area contributed by atoms with Crippen molar-refractivity contribution in [2.45, 2.75) is 32.9 Å². The third-order valence-electron chi connectivity index (χ3n) is 4.49. The van der Waals surface area contributed by atoms with E-state index in [-0.39, 0.29) is 16.6 Å². The Bertz CT molecular complexity index is 969. The fourth-order valence-electron chi connectivity index (χ4n) is 2.91. The monoisotopic (exact) mass is 427 g/mol. The lowest BCUT2D eigenvalue weighted by atomic mass is 10.1. The molecule has 150 valence electrons. The molecule has 1 saturated heterocycles. The summed E-state index contributed by atoms with van der Waals surface area (Å²) in [4.78, 5) is 25.7. The summed E-state index contributed by atoms with van der Waals surface area (Å²) in [5.74, 6) is -0.747. The molecule has 1 aliphatic heterocycles. The number of carbonyl (C=O) groups is 2. The van der Waals surface area contributed by atoms with Crippen LogP contribution in [-0.2, 0) is 16.2 Å². The lowest BCUT2D eigenvalue weighted by Gasteiger charge is -2.21. The number of ether oxygens (including phenoxy) is 1. The maximum Gasteiger partial charge on any atom is 0.326 e. The van der Waals surface area contributed by atoms with Gasteiger partial charge in [-0.1, -0.05) is 72.9 Å². The Morgan fingerprint density at radius 2 is 2.00 bits per heavy atom. The van der Waals surface area contributed by atoms with Crippen LogP contribution in [0.5, 0.6) is 5.75 Å². The van der Waals surface area contributed by atoms with E-state index in [0.717, 1.165) is 22.9 Å². The number of carboxylic acid groups (broad SMARTS) is 1. The third-order valence-corrected chi connectivity index (χ3v) is 5.82. The smallest absolute Gasteiger partial charge is 0.326 e. The van der Waals surface area contributed by atoms with Gasteiger partial charge in [-0.25, -0.2) is 4.79 Å². The van der Waals surface area contributed by atoms with Gasteiger partial charge in [-0.2, -0.15) is 0 Å². The van der Waals surface area contributed by atoms with Gasteiger partial charge in [0.15, 0.2) is 0 Å². The highest BCUT2D eigenvalue weighted by Gasteiger charge is 2.39. The normalized spacial score (nSPS) is 16.3. The molecule has 1 N–H and O–H groups in total. The molecule has 5 nitrogen and oxygen atoms in total. The van der Waals surface area contributed by atoms with Gasteiger partial charge in [0.25, 0.3) is 5.91 Å². The first-order valence-electron chi connectivity index (χ1n) is 9.17. The molecule has 0 aliphatic carbocycles. The van der Waals surface area contributed by atoms with Crippen LogP contribution in [0.4, 0.5) is 0 Å². The van der Waals surface area contributed by atoms with E-state index in [1.165, 1.54) is 10.5 Å². The fourth-order valence-corrected chi connectivity index (χ4v) is 4.27. The van der Waals surface area contributed by atoms with Crippen molar-refractivity contribution in [1.82, 2.24) is 4.90 Å². The van der Waals surface area contributed by atoms with Crippen LogP contribution in [0.3, 0.4) is 0 Å². The van der Waals surface area contributed by atoms with Crippen molar-refractivity contribution in [2.75, 3.05) is 0 Å². The molecule has 1 heterocycles. The topological polar surface area (TPSA) is 66.8 Å². The molecule has 1 amide bonds. The second kappa shape index (κ2) is 9.24. The van der Waals surface area contributed by atoms with E-state index in [2.05, 4.69) is 0 Å². The minimum absolute atomic E-state index is 0.266. The summed E-state index contributed by atoms with van der Waals surface area (Å²) in [5, 5.41) is 9.35. The van der Waals surface area contributed by atoms with Crippen LogP contribution in [0.2, 0.25) is 0 Å². The van der Waals surface area contributed by atoms with E-state index in [4.69, 9.17) is 17.0 Å². The number of hydrogen-bond donors (Lipinski definition) is 1. The first-order chi connectivity index (χ1) is 13.9. The zero-order valence-corrected chi connectivity index (χ0v) is 17.8. The number of aryl methyl sites for hydroxylation is 1. The maximum absolute atomic E-state index is 12.7. The standard InChI is InChI=1S/C22H21NO4S2/c1-3-18(21(25)26)23-20(24)19(29-22(23)28)12-16-5-4-6-17(11-16)27-13-15-9-7-14(2)8-10-15/h4-12,18H,3,13H2,1-2H3,(H,25,26)/b19-12-/t18-/m0/s1. The van der Waals surface area contributed by atoms with Gasteiger partial charge in [0.1, 0.15) is 22.7 Å². The number of hydrogen-bond acceptors (Lipinski definition) is 5. The SMILES string of the molecule is CC[C@@H](C(=O)O)N1C(=O)/C(=C/c2cccc(OCc3ccc(C)cc3)c2)SC1=S. The van der Waals surface area contributed by atoms with Gasteiger partial charge in [-0.15, -0.1) is 0 Å². The predicted molar refractivity (Wildman–Crippen MR) is 119 cm³/mol. The molecule has 1 atom stereocenters. The van der Waals surface area contributed by atoms with Crippen molar-refractivity contribution < 1.29 is 19.4 Å². The molecule has 0 saturated carbocycles. The summed E-state index contributed by atoms with van der Waals surface area (Å²) in [6, 6.07) is 14.6. The molecule has 0 bridgehead atoms. The van der Waals surface area contributed by atoms with Crippen molar-refractivity contribution in [2.24, 2.45) is 0 Å². The molecule has 0 radical (unpaired) electrons. The summed E-state index contributed by atoms with van der Waals surface area (Å²) in [5.41, 5.74) is 3.05. The zero-order valence-electron chi connectivity index (χ0n) is 16.1. The second-order valence-electron chi connectivity index (χ2n) is 6.66. The Balaban J connectivity index is 1.74. The lowest BCUT2D eigenvalue weighted by Crippen LogP contribution is -2.43. The summed E-state index contributed by atoms with van der Waals surface area (Å²) < 4.78 is 6.12. The van der Waals surface area contributed by atoms with Crippen molar-refractivity contribution in [3.8, 4) is 5.75 Å². The Morgan fingerprint density at radius 3 is 2.66 bits per heavy atom. The molecule has 2 aromatic carbocycles. The highest BCUT2D eigenvalue weighted by Crippen LogP contribution is 2.35. The molecule has 3 rings (SSSR count). The zero-order chi connectivity index (χ0) is 21.0. The van der Waals surface area contributed by atoms with Crippen LogP contribution >= 0.6 is 24.0 Å². The lowest BCUT2D eigenvalue weighted by molar-refractivity contribution is -0.145. The van der Waals surface area contributed by atoms with Gasteiger partial charge in [-0.05, 0) is 42.7 Å². The number of thioether (sulfide) groups is 1. The Hall–Kier alpha value is -2.64. The molecule has 29 heavy (non-hydrogen) atoms. The third kappa shape index (κ3) is 5.05. The number of aliphatic carboxylic acids is 1. The molecule has 0 spiro atoms. The molecule has 1 fully saturated rings. The van der Waals surface area contributed by atoms with Crippen molar-refractivity contribution in [3.63, 3.8) is 0 Å². The first kappa shape index (κ1) is 21.1. The quantitative estimate of drug-likeness (QED) is 0.513. The number of nitrogens with zero attached hydrogens (tertiary/aromatic N) is 1. The van der Waals surface area contributed by atoms with Crippen molar-refractivity contribution in [3.05, 3.63) is 70.1 Å². The molecule has 7 heteroatoms. The van der Waals surface area contributed by atoms with Gasteiger partial charge in [0.2, 0.25) is 0 Å². The molecule has 0 aromatic heterocycles. The number of rotatable bonds is 7. The van der Waals surface area contributed by atoms with Crippen LogP contribution in [0.15, 0.2) is 53.4 Å². The van der Waals surface area contributed by atoms with Crippen molar-refractivity contribution >= 4 is 46.3 Å². The summed E-state index contributed by atoms with van der Waals surface area (Å²) in [7, 11) is 0. The average Bonchev–Trinajstić information content (AvgIpc) is 2.96. The number of benzene rings is 2. The molecule has 0 unspecified atom stereocenters. The van der Waals surface area contributed by atoms with Crippen LogP contribution in [0.1, 0.15) is 30.0 Å². The Kier molecular flexibility index (Phi) is 6.71. The van der Waals surface area contributed by atoms with Crippen LogP contribution in [0, 0.1) is 6.92 Å². The Labute approximate surface area is 179 Å². The van der Waals surface area contributed by atoms with Crippen LogP contribution in [-0.4, -0.2) is 32.2 Å². The fraction of sp³-hybridized carbons (Fsp3) is 0.227. The number of carboxylic acids is 1. The van der Waals surface area contributed by atoms with E-state index >= 15 is 0 Å². The van der Waals surface area contributed by atoms with E-state index in [1.807, 2.05) is 55.5 Å². The van der Waals surface area contributed by atoms with E-state index in [1.54, 1.807) is 13.0 Å². The van der Waals surface area contributed by atoms with E-state index in [0.29, 0.717) is 17.3 Å². The van der Waals surface area contributed by atoms with Gasteiger partial charge in [0, 0.05) is 0 Å². The van der Waals surface area contributed by atoms with Gasteiger partial charge in [0.05, 0.1) is 4.91 Å². The second-order valence-corrected chi connectivity index (χ2v) is 8.34. The minimum atomic E-state index is -1.06. The van der Waals surface area contributed by atoms with Gasteiger partial charge in [-0.3, -0.25) is 9.69 Å². The highest BCUT2D eigenvalue weighted by molar-refractivity contribution is 8.26. The predicted octanol–water partition coefficient (Wildman–Crippen LogP) is 4.64. The first-order valence-corrected chi connectivity index (χ1v) is 10.4. The molecular formula is C22H21NO4S2. The van der Waals surface area contributed by atoms with Crippen LogP contribution in [0.25, 0.3) is 6.08 Å². The summed E-state index contributed by atoms with van der Waals surface area (Å²) in [6.45, 7) is 4.20. The number of carbonyl (C=O) groups excluding carboxylic acids is 1. The molecular weight excluding hydrogens is 406 g/mol. The van der Waals surface area contributed by atoms with Gasteiger partial charge < -0.3 is 9.84 Å². The largest absolute Gasteiger partial charge is 0.489 e. The van der Waals surface area contributed by atoms with E-state index < -0.39 is 12.0 Å². The number of thiocarbonyl (C=S) groups is 1.